The average Bonchev–Trinajstić information content (AvgIpc) is 2.72. The van der Waals surface area contributed by atoms with Gasteiger partial charge in [0.25, 0.3) is 0 Å². The molecule has 5 nitrogen and oxygen atoms in total. The van der Waals surface area contributed by atoms with Crippen molar-refractivity contribution in [1.29, 1.82) is 0 Å². The maximum absolute atomic E-state index is 12.4. The van der Waals surface area contributed by atoms with Crippen LogP contribution < -0.4 is 0 Å². The summed E-state index contributed by atoms with van der Waals surface area (Å²) in [7, 11) is 0.0473. The lowest BCUT2D eigenvalue weighted by atomic mass is 10.2. The zero-order valence-corrected chi connectivity index (χ0v) is 12.4. The highest BCUT2D eigenvalue weighted by molar-refractivity contribution is 7.89. The molecular weight excluding hydrogens is 288 g/mol. The first-order valence-corrected chi connectivity index (χ1v) is 7.74. The molecule has 0 radical (unpaired) electrons. The standard InChI is InChI=1S/C12H17ClN2O3S/c1-14(2)11-7-15(8-12(11)16)19(17,18)10-5-3-4-9(13)6-10/h3-6,11-12,16H,7-8H2,1-2H3/t11-,12-/m0/s1. The third-order valence-corrected chi connectivity index (χ3v) is 5.39. The highest BCUT2D eigenvalue weighted by Gasteiger charge is 2.39. The smallest absolute Gasteiger partial charge is 0.243 e. The Labute approximate surface area is 118 Å². The molecular formula is C12H17ClN2O3S. The second kappa shape index (κ2) is 5.38. The largest absolute Gasteiger partial charge is 0.390 e. The Morgan fingerprint density at radius 1 is 1.37 bits per heavy atom. The molecule has 1 N–H and O–H groups in total. The van der Waals surface area contributed by atoms with Gasteiger partial charge < -0.3 is 10.0 Å². The summed E-state index contributed by atoms with van der Waals surface area (Å²) in [5.74, 6) is 0. The van der Waals surface area contributed by atoms with Crippen LogP contribution >= 0.6 is 11.6 Å². The highest BCUT2D eigenvalue weighted by atomic mass is 35.5. The van der Waals surface area contributed by atoms with Crippen LogP contribution in [0, 0.1) is 0 Å². The quantitative estimate of drug-likeness (QED) is 0.890. The Kier molecular flexibility index (Phi) is 4.17. The fourth-order valence-electron chi connectivity index (χ4n) is 2.22. The number of β-amino-alcohol motifs (C(OH)–C–C–N with tert-alkyl or cyclic N) is 1. The van der Waals surface area contributed by atoms with Gasteiger partial charge in [0, 0.05) is 18.1 Å². The van der Waals surface area contributed by atoms with Crippen molar-refractivity contribution >= 4 is 21.6 Å². The van der Waals surface area contributed by atoms with E-state index in [2.05, 4.69) is 0 Å². The fourth-order valence-corrected chi connectivity index (χ4v) is 3.99. The monoisotopic (exact) mass is 304 g/mol. The van der Waals surface area contributed by atoms with Crippen LogP contribution in [0.5, 0.6) is 0 Å². The normalized spacial score (nSPS) is 25.1. The SMILES string of the molecule is CN(C)[C@H]1CN(S(=O)(=O)c2cccc(Cl)c2)C[C@@H]1O. The Balaban J connectivity index is 2.27. The number of likely N-dealkylation sites (N-methyl/N-ethyl adjacent to an activating group) is 1. The number of hydrogen-bond acceptors (Lipinski definition) is 4. The molecule has 2 atom stereocenters. The lowest BCUT2D eigenvalue weighted by Gasteiger charge is -2.21. The van der Waals surface area contributed by atoms with Gasteiger partial charge >= 0.3 is 0 Å². The topological polar surface area (TPSA) is 60.9 Å². The zero-order chi connectivity index (χ0) is 14.2. The molecule has 0 aliphatic carbocycles. The molecule has 106 valence electrons. The first-order valence-electron chi connectivity index (χ1n) is 5.92. The average molecular weight is 305 g/mol. The molecule has 1 fully saturated rings. The van der Waals surface area contributed by atoms with Crippen molar-refractivity contribution in [3.63, 3.8) is 0 Å². The van der Waals surface area contributed by atoms with E-state index >= 15 is 0 Å². The summed E-state index contributed by atoms with van der Waals surface area (Å²) in [6.45, 7) is 0.390. The molecule has 0 unspecified atom stereocenters. The highest BCUT2D eigenvalue weighted by Crippen LogP contribution is 2.24. The fraction of sp³-hybridized carbons (Fsp3) is 0.500. The molecule has 1 aliphatic rings. The van der Waals surface area contributed by atoms with Gasteiger partial charge in [-0.1, -0.05) is 17.7 Å². The van der Waals surface area contributed by atoms with Crippen molar-refractivity contribution in [3.8, 4) is 0 Å². The number of hydrogen-bond donors (Lipinski definition) is 1. The molecule has 0 amide bonds. The second-order valence-electron chi connectivity index (χ2n) is 4.88. The Hall–Kier alpha value is -0.660. The number of aliphatic hydroxyl groups excluding tert-OH is 1. The molecule has 19 heavy (non-hydrogen) atoms. The summed E-state index contributed by atoms with van der Waals surface area (Å²) >= 11 is 5.82. The van der Waals surface area contributed by atoms with Crippen molar-refractivity contribution in [2.24, 2.45) is 0 Å². The van der Waals surface area contributed by atoms with Crippen LogP contribution in [0.25, 0.3) is 0 Å². The van der Waals surface area contributed by atoms with Gasteiger partial charge in [-0.2, -0.15) is 4.31 Å². The van der Waals surface area contributed by atoms with E-state index < -0.39 is 16.1 Å². The number of benzene rings is 1. The number of halogens is 1. The minimum atomic E-state index is -3.60. The van der Waals surface area contributed by atoms with E-state index in [0.29, 0.717) is 5.02 Å². The summed E-state index contributed by atoms with van der Waals surface area (Å²) in [5, 5.41) is 10.3. The van der Waals surface area contributed by atoms with Crippen LogP contribution in [0.1, 0.15) is 0 Å². The molecule has 1 aromatic carbocycles. The predicted molar refractivity (Wildman–Crippen MR) is 73.7 cm³/mol. The summed E-state index contributed by atoms with van der Waals surface area (Å²) in [6, 6.07) is 5.98. The molecule has 1 saturated heterocycles. The van der Waals surface area contributed by atoms with Crippen molar-refractivity contribution < 1.29 is 13.5 Å². The Morgan fingerprint density at radius 2 is 2.05 bits per heavy atom. The maximum Gasteiger partial charge on any atom is 0.243 e. The number of sulfonamides is 1. The van der Waals surface area contributed by atoms with E-state index in [-0.39, 0.29) is 24.0 Å². The molecule has 0 spiro atoms. The van der Waals surface area contributed by atoms with Crippen LogP contribution in [0.2, 0.25) is 5.02 Å². The molecule has 1 aromatic rings. The lowest BCUT2D eigenvalue weighted by Crippen LogP contribution is -2.38. The van der Waals surface area contributed by atoms with Crippen LogP contribution in [0.15, 0.2) is 29.2 Å². The van der Waals surface area contributed by atoms with Gasteiger partial charge in [-0.15, -0.1) is 0 Å². The zero-order valence-electron chi connectivity index (χ0n) is 10.8. The van der Waals surface area contributed by atoms with Crippen LogP contribution in [-0.2, 0) is 10.0 Å². The van der Waals surface area contributed by atoms with Crippen LogP contribution in [-0.4, -0.2) is 62.1 Å². The molecule has 2 rings (SSSR count). The first-order chi connectivity index (χ1) is 8.82. The van der Waals surface area contributed by atoms with Gasteiger partial charge in [-0.25, -0.2) is 8.42 Å². The Bertz CT molecular complexity index is 562. The number of nitrogens with zero attached hydrogens (tertiary/aromatic N) is 2. The molecule has 1 heterocycles. The van der Waals surface area contributed by atoms with E-state index in [1.807, 2.05) is 19.0 Å². The molecule has 1 aliphatic heterocycles. The molecule has 7 heteroatoms. The van der Waals surface area contributed by atoms with Crippen molar-refractivity contribution in [3.05, 3.63) is 29.3 Å². The summed E-state index contributed by atoms with van der Waals surface area (Å²) in [5.41, 5.74) is 0. The second-order valence-corrected chi connectivity index (χ2v) is 7.25. The first kappa shape index (κ1) is 14.7. The Morgan fingerprint density at radius 3 is 2.58 bits per heavy atom. The van der Waals surface area contributed by atoms with Crippen molar-refractivity contribution in [2.45, 2.75) is 17.0 Å². The maximum atomic E-state index is 12.4. The van der Waals surface area contributed by atoms with Crippen molar-refractivity contribution in [1.82, 2.24) is 9.21 Å². The number of rotatable bonds is 3. The lowest BCUT2D eigenvalue weighted by molar-refractivity contribution is 0.113. The van der Waals surface area contributed by atoms with Crippen LogP contribution in [0.3, 0.4) is 0 Å². The van der Waals surface area contributed by atoms with E-state index in [9.17, 15) is 13.5 Å². The van der Waals surface area contributed by atoms with E-state index in [1.165, 1.54) is 16.4 Å². The van der Waals surface area contributed by atoms with E-state index in [1.54, 1.807) is 12.1 Å². The summed E-state index contributed by atoms with van der Waals surface area (Å²) < 4.78 is 26.2. The van der Waals surface area contributed by atoms with Gasteiger partial charge in [0.05, 0.1) is 17.0 Å². The molecule has 0 bridgehead atoms. The van der Waals surface area contributed by atoms with E-state index in [4.69, 9.17) is 11.6 Å². The molecule has 0 aromatic heterocycles. The third-order valence-electron chi connectivity index (χ3n) is 3.32. The summed E-state index contributed by atoms with van der Waals surface area (Å²) in [4.78, 5) is 1.99. The van der Waals surface area contributed by atoms with E-state index in [0.717, 1.165) is 0 Å². The van der Waals surface area contributed by atoms with Gasteiger partial charge in [-0.05, 0) is 32.3 Å². The van der Waals surface area contributed by atoms with Crippen LogP contribution in [0.4, 0.5) is 0 Å². The van der Waals surface area contributed by atoms with Crippen molar-refractivity contribution in [2.75, 3.05) is 27.2 Å². The van der Waals surface area contributed by atoms with Gasteiger partial charge in [0.2, 0.25) is 10.0 Å². The van der Waals surface area contributed by atoms with Gasteiger partial charge in [0.1, 0.15) is 0 Å². The van der Waals surface area contributed by atoms with Gasteiger partial charge in [0.15, 0.2) is 0 Å². The minimum Gasteiger partial charge on any atom is -0.390 e. The molecule has 0 saturated carbocycles. The predicted octanol–water partition coefficient (Wildman–Crippen LogP) is 0.635. The minimum absolute atomic E-state index is 0.109. The van der Waals surface area contributed by atoms with Gasteiger partial charge in [-0.3, -0.25) is 0 Å². The third kappa shape index (κ3) is 2.93. The summed E-state index contributed by atoms with van der Waals surface area (Å²) in [6.07, 6.45) is -0.677. The number of aliphatic hydroxyl groups is 1.